The lowest BCUT2D eigenvalue weighted by atomic mass is 10.0. The van der Waals surface area contributed by atoms with Crippen molar-refractivity contribution >= 4 is 6.16 Å². The quantitative estimate of drug-likeness (QED) is 0.640. The molecule has 0 heterocycles. The molecule has 0 atom stereocenters. The molecule has 0 unspecified atom stereocenters. The van der Waals surface area contributed by atoms with Crippen LogP contribution in [-0.4, -0.2) is 17.9 Å². The van der Waals surface area contributed by atoms with Crippen LogP contribution >= 0.6 is 0 Å². The molecule has 3 heteroatoms. The van der Waals surface area contributed by atoms with Gasteiger partial charge in [-0.15, -0.1) is 0 Å². The largest absolute Gasteiger partial charge is 0.509 e. The molecule has 0 amide bonds. The first-order valence-corrected chi connectivity index (χ1v) is 5.27. The maximum atomic E-state index is 11.2. The van der Waals surface area contributed by atoms with Crippen molar-refractivity contribution in [1.29, 1.82) is 0 Å². The van der Waals surface area contributed by atoms with Gasteiger partial charge < -0.3 is 9.47 Å². The zero-order chi connectivity index (χ0) is 11.2. The van der Waals surface area contributed by atoms with Crippen molar-refractivity contribution in [3.05, 3.63) is 0 Å². The van der Waals surface area contributed by atoms with Crippen LogP contribution in [0.5, 0.6) is 0 Å². The van der Waals surface area contributed by atoms with Crippen molar-refractivity contribution in [1.82, 2.24) is 0 Å². The predicted octanol–water partition coefficient (Wildman–Crippen LogP) is 3.52. The third kappa shape index (κ3) is 6.75. The van der Waals surface area contributed by atoms with Gasteiger partial charge in [0.05, 0.1) is 6.10 Å². The summed E-state index contributed by atoms with van der Waals surface area (Å²) in [7, 11) is 0. The zero-order valence-electron chi connectivity index (χ0n) is 9.92. The van der Waals surface area contributed by atoms with Crippen molar-refractivity contribution in [2.75, 3.05) is 0 Å². The fraction of sp³-hybridized carbons (Fsp3) is 0.909. The Kier molecular flexibility index (Phi) is 5.58. The minimum Gasteiger partial charge on any atom is -0.432 e. The molecular weight excluding hydrogens is 180 g/mol. The lowest BCUT2D eigenvalue weighted by Gasteiger charge is -2.24. The molecular formula is C11H22O3. The molecule has 0 rings (SSSR count). The fourth-order valence-electron chi connectivity index (χ4n) is 1.10. The van der Waals surface area contributed by atoms with Crippen LogP contribution in [0.1, 0.15) is 53.9 Å². The van der Waals surface area contributed by atoms with Crippen LogP contribution in [0.25, 0.3) is 0 Å². The van der Waals surface area contributed by atoms with Crippen LogP contribution in [0.2, 0.25) is 0 Å². The maximum absolute atomic E-state index is 11.2. The molecule has 0 N–H and O–H groups in total. The number of hydrogen-bond acceptors (Lipinski definition) is 3. The van der Waals surface area contributed by atoms with E-state index in [9.17, 15) is 4.79 Å². The van der Waals surface area contributed by atoms with Crippen molar-refractivity contribution in [3.63, 3.8) is 0 Å². The molecule has 0 saturated carbocycles. The van der Waals surface area contributed by atoms with E-state index < -0.39 is 11.8 Å². The van der Waals surface area contributed by atoms with Gasteiger partial charge in [-0.3, -0.25) is 0 Å². The number of unbranched alkanes of at least 4 members (excludes halogenated alkanes) is 1. The average molecular weight is 202 g/mol. The number of hydrogen-bond donors (Lipinski definition) is 0. The number of rotatable bonds is 5. The first-order chi connectivity index (χ1) is 6.37. The van der Waals surface area contributed by atoms with Gasteiger partial charge in [-0.05, 0) is 40.5 Å². The molecule has 0 aliphatic rings. The lowest BCUT2D eigenvalue weighted by molar-refractivity contribution is -0.0323. The van der Waals surface area contributed by atoms with E-state index in [0.29, 0.717) is 0 Å². The van der Waals surface area contributed by atoms with Gasteiger partial charge in [0, 0.05) is 0 Å². The van der Waals surface area contributed by atoms with Crippen LogP contribution in [0.3, 0.4) is 0 Å². The van der Waals surface area contributed by atoms with Gasteiger partial charge in [0.1, 0.15) is 5.60 Å². The Labute approximate surface area is 86.8 Å². The zero-order valence-corrected chi connectivity index (χ0v) is 9.92. The molecule has 0 aromatic rings. The minimum absolute atomic E-state index is 0.121. The van der Waals surface area contributed by atoms with E-state index in [2.05, 4.69) is 6.92 Å². The summed E-state index contributed by atoms with van der Waals surface area (Å²) >= 11 is 0. The summed E-state index contributed by atoms with van der Waals surface area (Å²) in [5.74, 6) is 0. The van der Waals surface area contributed by atoms with Crippen LogP contribution in [-0.2, 0) is 9.47 Å². The van der Waals surface area contributed by atoms with Crippen LogP contribution in [0, 0.1) is 0 Å². The average Bonchev–Trinajstić information content (AvgIpc) is 1.98. The predicted molar refractivity (Wildman–Crippen MR) is 56.3 cm³/mol. The molecule has 0 aliphatic carbocycles. The normalized spacial score (nSPS) is 11.6. The Morgan fingerprint density at radius 1 is 1.36 bits per heavy atom. The highest BCUT2D eigenvalue weighted by Gasteiger charge is 2.23. The molecule has 3 nitrogen and oxygen atoms in total. The molecule has 0 spiro atoms. The standard InChI is InChI=1S/C11H22O3/c1-6-7-8-11(4,5)14-10(12)13-9(2)3/h9H,6-8H2,1-5H3. The fourth-order valence-corrected chi connectivity index (χ4v) is 1.10. The second-order valence-electron chi connectivity index (χ2n) is 4.38. The summed E-state index contributed by atoms with van der Waals surface area (Å²) in [6.07, 6.45) is 2.34. The van der Waals surface area contributed by atoms with Gasteiger partial charge in [-0.2, -0.15) is 0 Å². The van der Waals surface area contributed by atoms with Gasteiger partial charge in [0.15, 0.2) is 0 Å². The van der Waals surface area contributed by atoms with E-state index in [4.69, 9.17) is 9.47 Å². The molecule has 0 fully saturated rings. The minimum atomic E-state index is -0.568. The summed E-state index contributed by atoms with van der Waals surface area (Å²) in [4.78, 5) is 11.2. The molecule has 0 aromatic carbocycles. The van der Waals surface area contributed by atoms with E-state index in [1.54, 1.807) is 13.8 Å². The van der Waals surface area contributed by atoms with E-state index in [1.807, 2.05) is 13.8 Å². The van der Waals surface area contributed by atoms with Gasteiger partial charge in [0.25, 0.3) is 0 Å². The Bertz CT molecular complexity index is 173. The van der Waals surface area contributed by atoms with Crippen molar-refractivity contribution < 1.29 is 14.3 Å². The van der Waals surface area contributed by atoms with Gasteiger partial charge in [-0.25, -0.2) is 4.79 Å². The topological polar surface area (TPSA) is 35.5 Å². The van der Waals surface area contributed by atoms with Gasteiger partial charge >= 0.3 is 6.16 Å². The summed E-state index contributed by atoms with van der Waals surface area (Å²) in [6.45, 7) is 9.54. The van der Waals surface area contributed by atoms with Crippen molar-refractivity contribution in [3.8, 4) is 0 Å². The Morgan fingerprint density at radius 2 is 1.93 bits per heavy atom. The van der Waals surface area contributed by atoms with E-state index >= 15 is 0 Å². The summed E-state index contributed by atoms with van der Waals surface area (Å²) in [6, 6.07) is 0. The first kappa shape index (κ1) is 13.3. The summed E-state index contributed by atoms with van der Waals surface area (Å²) in [5.41, 5.74) is -0.415. The van der Waals surface area contributed by atoms with Crippen LogP contribution in [0.4, 0.5) is 4.79 Å². The molecule has 0 radical (unpaired) electrons. The molecule has 0 aromatic heterocycles. The Hall–Kier alpha value is -0.730. The van der Waals surface area contributed by atoms with Gasteiger partial charge in [-0.1, -0.05) is 13.3 Å². The number of ether oxygens (including phenoxy) is 2. The van der Waals surface area contributed by atoms with E-state index in [1.165, 1.54) is 0 Å². The van der Waals surface area contributed by atoms with Crippen LogP contribution < -0.4 is 0 Å². The second-order valence-corrected chi connectivity index (χ2v) is 4.38. The van der Waals surface area contributed by atoms with Crippen molar-refractivity contribution in [2.45, 2.75) is 65.6 Å². The Morgan fingerprint density at radius 3 is 2.36 bits per heavy atom. The summed E-state index contributed by atoms with van der Waals surface area (Å²) < 4.78 is 10.1. The number of carbonyl (C=O) groups is 1. The molecule has 0 bridgehead atoms. The van der Waals surface area contributed by atoms with Crippen LogP contribution in [0.15, 0.2) is 0 Å². The Balaban J connectivity index is 3.88. The highest BCUT2D eigenvalue weighted by molar-refractivity contribution is 5.60. The SMILES string of the molecule is CCCCC(C)(C)OC(=O)OC(C)C. The third-order valence-corrected chi connectivity index (χ3v) is 1.82. The lowest BCUT2D eigenvalue weighted by Crippen LogP contribution is -2.29. The second kappa shape index (κ2) is 5.89. The first-order valence-electron chi connectivity index (χ1n) is 5.27. The van der Waals surface area contributed by atoms with Gasteiger partial charge in [0.2, 0.25) is 0 Å². The highest BCUT2D eigenvalue weighted by Crippen LogP contribution is 2.18. The maximum Gasteiger partial charge on any atom is 0.509 e. The monoisotopic (exact) mass is 202 g/mol. The number of carbonyl (C=O) groups excluding carboxylic acids is 1. The molecule has 0 aliphatic heterocycles. The molecule has 84 valence electrons. The molecule has 0 saturated heterocycles. The van der Waals surface area contributed by atoms with E-state index in [0.717, 1.165) is 19.3 Å². The smallest absolute Gasteiger partial charge is 0.432 e. The third-order valence-electron chi connectivity index (χ3n) is 1.82. The molecule has 14 heavy (non-hydrogen) atoms. The van der Waals surface area contributed by atoms with Crippen molar-refractivity contribution in [2.24, 2.45) is 0 Å². The summed E-state index contributed by atoms with van der Waals surface area (Å²) in [5, 5.41) is 0. The van der Waals surface area contributed by atoms with E-state index in [-0.39, 0.29) is 6.10 Å². The highest BCUT2D eigenvalue weighted by atomic mass is 16.7.